The summed E-state index contributed by atoms with van der Waals surface area (Å²) in [7, 11) is 0. The van der Waals surface area contributed by atoms with Gasteiger partial charge in [0, 0.05) is 13.1 Å². The second-order valence-corrected chi connectivity index (χ2v) is 8.12. The summed E-state index contributed by atoms with van der Waals surface area (Å²) in [6, 6.07) is 17.9. The molecule has 162 valence electrons. The van der Waals surface area contributed by atoms with Crippen molar-refractivity contribution in [3.8, 4) is 5.88 Å². The van der Waals surface area contributed by atoms with Gasteiger partial charge in [0.1, 0.15) is 0 Å². The van der Waals surface area contributed by atoms with E-state index in [9.17, 15) is 4.79 Å². The van der Waals surface area contributed by atoms with Crippen LogP contribution in [0.4, 0.5) is 5.82 Å². The molecule has 1 fully saturated rings. The number of rotatable bonds is 7. The van der Waals surface area contributed by atoms with Crippen LogP contribution in [0.15, 0.2) is 54.6 Å². The number of piperidine rings is 1. The van der Waals surface area contributed by atoms with E-state index in [2.05, 4.69) is 17.1 Å². The number of nitrogens with one attached hydrogen (secondary N) is 1. The van der Waals surface area contributed by atoms with Crippen LogP contribution >= 0.6 is 0 Å². The monoisotopic (exact) mass is 418 g/mol. The highest BCUT2D eigenvalue weighted by molar-refractivity contribution is 5.81. The van der Waals surface area contributed by atoms with Gasteiger partial charge in [-0.2, -0.15) is 0 Å². The Bertz CT molecular complexity index is 1020. The number of para-hydroxylation sites is 2. The lowest BCUT2D eigenvalue weighted by Gasteiger charge is -2.34. The van der Waals surface area contributed by atoms with Gasteiger partial charge in [0.05, 0.1) is 29.6 Å². The molecular weight excluding hydrogens is 388 g/mol. The lowest BCUT2D eigenvalue weighted by atomic mass is 9.96. The highest BCUT2D eigenvalue weighted by Gasteiger charge is 2.29. The second-order valence-electron chi connectivity index (χ2n) is 8.12. The van der Waals surface area contributed by atoms with Crippen LogP contribution in [0.3, 0.4) is 0 Å². The molecule has 0 bridgehead atoms. The molecule has 0 saturated carbocycles. The topological polar surface area (TPSA) is 67.4 Å². The molecule has 0 aliphatic carbocycles. The van der Waals surface area contributed by atoms with Gasteiger partial charge in [0.25, 0.3) is 5.88 Å². The van der Waals surface area contributed by atoms with Gasteiger partial charge in [-0.15, -0.1) is 0 Å². The first kappa shape index (κ1) is 21.1. The fourth-order valence-electron chi connectivity index (χ4n) is 4.02. The quantitative estimate of drug-likeness (QED) is 0.611. The summed E-state index contributed by atoms with van der Waals surface area (Å²) >= 11 is 0. The fraction of sp³-hybridized carbons (Fsp3) is 0.400. The maximum Gasteiger partial charge on any atom is 0.258 e. The summed E-state index contributed by atoms with van der Waals surface area (Å²) in [6.45, 7) is 6.14. The van der Waals surface area contributed by atoms with E-state index in [-0.39, 0.29) is 17.9 Å². The van der Waals surface area contributed by atoms with Crippen molar-refractivity contribution in [1.82, 2.24) is 15.3 Å². The van der Waals surface area contributed by atoms with E-state index in [1.165, 1.54) is 0 Å². The molecule has 1 amide bonds. The van der Waals surface area contributed by atoms with Crippen molar-refractivity contribution in [3.63, 3.8) is 0 Å². The number of carbonyl (C=O) groups excluding carboxylic acids is 1. The smallest absolute Gasteiger partial charge is 0.258 e. The van der Waals surface area contributed by atoms with Crippen molar-refractivity contribution >= 4 is 22.8 Å². The van der Waals surface area contributed by atoms with Gasteiger partial charge in [-0.3, -0.25) is 4.79 Å². The number of amides is 1. The maximum atomic E-state index is 13.0. The highest BCUT2D eigenvalue weighted by atomic mass is 16.5. The second kappa shape index (κ2) is 9.77. The van der Waals surface area contributed by atoms with Crippen LogP contribution in [0, 0.1) is 5.92 Å². The summed E-state index contributed by atoms with van der Waals surface area (Å²) in [5.41, 5.74) is 2.77. The zero-order chi connectivity index (χ0) is 21.6. The molecule has 2 aromatic carbocycles. The Hall–Kier alpha value is -3.15. The van der Waals surface area contributed by atoms with Gasteiger partial charge in [-0.1, -0.05) is 49.4 Å². The third-order valence-corrected chi connectivity index (χ3v) is 5.71. The number of fused-ring (bicyclic) bond motifs is 1. The molecule has 0 radical (unpaired) electrons. The molecule has 31 heavy (non-hydrogen) atoms. The van der Waals surface area contributed by atoms with E-state index in [1.54, 1.807) is 0 Å². The van der Waals surface area contributed by atoms with Gasteiger partial charge >= 0.3 is 0 Å². The van der Waals surface area contributed by atoms with Crippen LogP contribution in [0.25, 0.3) is 11.0 Å². The lowest BCUT2D eigenvalue weighted by molar-refractivity contribution is -0.125. The third kappa shape index (κ3) is 4.95. The molecule has 0 spiro atoms. The van der Waals surface area contributed by atoms with Crippen LogP contribution in [0.2, 0.25) is 0 Å². The summed E-state index contributed by atoms with van der Waals surface area (Å²) in [5.74, 6) is 1.29. The van der Waals surface area contributed by atoms with Crippen molar-refractivity contribution in [1.29, 1.82) is 0 Å². The minimum Gasteiger partial charge on any atom is -0.475 e. The number of hydrogen-bond acceptors (Lipinski definition) is 5. The minimum absolute atomic E-state index is 0.0204. The van der Waals surface area contributed by atoms with E-state index in [1.807, 2.05) is 61.5 Å². The van der Waals surface area contributed by atoms with E-state index < -0.39 is 0 Å². The number of anilines is 1. The number of nitrogens with zero attached hydrogens (tertiary/aromatic N) is 3. The highest BCUT2D eigenvalue weighted by Crippen LogP contribution is 2.31. The average molecular weight is 419 g/mol. The van der Waals surface area contributed by atoms with Gasteiger partial charge in [-0.25, -0.2) is 9.97 Å². The largest absolute Gasteiger partial charge is 0.475 e. The van der Waals surface area contributed by atoms with E-state index in [4.69, 9.17) is 14.7 Å². The van der Waals surface area contributed by atoms with Gasteiger partial charge < -0.3 is 15.0 Å². The molecule has 1 aliphatic heterocycles. The standard InChI is InChI=1S/C25H30N4O2/c1-3-16-31-25-23(27-21-13-7-8-14-22(21)28-25)29-15-9-12-20(17-29)24(30)26-18(2)19-10-5-4-6-11-19/h4-8,10-11,13-14,18,20H,3,9,12,15-17H2,1-2H3,(H,26,30)/t18-,20+/m1/s1. The molecule has 2 heterocycles. The molecule has 4 rings (SSSR count). The Labute approximate surface area is 183 Å². The fourth-order valence-corrected chi connectivity index (χ4v) is 4.02. The average Bonchev–Trinajstić information content (AvgIpc) is 2.82. The summed E-state index contributed by atoms with van der Waals surface area (Å²) in [6.07, 6.45) is 2.70. The molecule has 6 heteroatoms. The van der Waals surface area contributed by atoms with Crippen molar-refractivity contribution in [2.24, 2.45) is 5.92 Å². The predicted octanol–water partition coefficient (Wildman–Crippen LogP) is 4.51. The van der Waals surface area contributed by atoms with Crippen LogP contribution < -0.4 is 15.0 Å². The molecule has 6 nitrogen and oxygen atoms in total. The molecule has 1 aliphatic rings. The number of benzene rings is 2. The molecule has 2 atom stereocenters. The Kier molecular flexibility index (Phi) is 6.65. The Morgan fingerprint density at radius 2 is 1.84 bits per heavy atom. The van der Waals surface area contributed by atoms with Crippen LogP contribution in [0.1, 0.15) is 44.7 Å². The van der Waals surface area contributed by atoms with Crippen LogP contribution in [-0.4, -0.2) is 35.6 Å². The molecule has 1 N–H and O–H groups in total. The van der Waals surface area contributed by atoms with Gasteiger partial charge in [0.2, 0.25) is 5.91 Å². The first-order valence-electron chi connectivity index (χ1n) is 11.2. The van der Waals surface area contributed by atoms with Gasteiger partial charge in [-0.05, 0) is 43.9 Å². The van der Waals surface area contributed by atoms with Crippen LogP contribution in [0.5, 0.6) is 5.88 Å². The van der Waals surface area contributed by atoms with Crippen molar-refractivity contribution in [2.45, 2.75) is 39.2 Å². The Morgan fingerprint density at radius 3 is 2.58 bits per heavy atom. The number of hydrogen-bond donors (Lipinski definition) is 1. The molecule has 1 saturated heterocycles. The normalized spacial score (nSPS) is 17.4. The van der Waals surface area contributed by atoms with Crippen molar-refractivity contribution in [3.05, 3.63) is 60.2 Å². The third-order valence-electron chi connectivity index (χ3n) is 5.71. The summed E-state index contributed by atoms with van der Waals surface area (Å²) in [5, 5.41) is 3.18. The van der Waals surface area contributed by atoms with Crippen molar-refractivity contribution in [2.75, 3.05) is 24.6 Å². The first-order valence-corrected chi connectivity index (χ1v) is 11.2. The zero-order valence-corrected chi connectivity index (χ0v) is 18.3. The number of ether oxygens (including phenoxy) is 1. The Morgan fingerprint density at radius 1 is 1.13 bits per heavy atom. The van der Waals surface area contributed by atoms with Gasteiger partial charge in [0.15, 0.2) is 5.82 Å². The SMILES string of the molecule is CCCOc1nc2ccccc2nc1N1CCC[C@H](C(=O)N[C@H](C)c2ccccc2)C1. The maximum absolute atomic E-state index is 13.0. The molecule has 1 aromatic heterocycles. The lowest BCUT2D eigenvalue weighted by Crippen LogP contribution is -2.44. The van der Waals surface area contributed by atoms with E-state index in [0.717, 1.165) is 48.2 Å². The van der Waals surface area contributed by atoms with Crippen LogP contribution in [-0.2, 0) is 4.79 Å². The predicted molar refractivity (Wildman–Crippen MR) is 123 cm³/mol. The minimum atomic E-state index is -0.0905. The zero-order valence-electron chi connectivity index (χ0n) is 18.3. The summed E-state index contributed by atoms with van der Waals surface area (Å²) in [4.78, 5) is 24.8. The molecular formula is C25H30N4O2. The number of aromatic nitrogens is 2. The Balaban J connectivity index is 1.52. The molecule has 3 aromatic rings. The molecule has 0 unspecified atom stereocenters. The van der Waals surface area contributed by atoms with Crippen molar-refractivity contribution < 1.29 is 9.53 Å². The first-order chi connectivity index (χ1) is 15.2. The van der Waals surface area contributed by atoms with E-state index in [0.29, 0.717) is 19.0 Å². The van der Waals surface area contributed by atoms with E-state index >= 15 is 0 Å². The summed E-state index contributed by atoms with van der Waals surface area (Å²) < 4.78 is 5.95. The number of carbonyl (C=O) groups is 1.